The average molecular weight is 550 g/mol. The summed E-state index contributed by atoms with van der Waals surface area (Å²) in [5.41, 5.74) is 0.227. The van der Waals surface area contributed by atoms with E-state index >= 15 is 0 Å². The standard InChI is InChI=1S/C30H47NO8/c1-3-5-7-9-11-13-15-17-29(36)38-25-20-19-24(31(22-27(32)33)23-28(34)35)21-26(25)39-30(37)18-16-14-12-10-8-6-4-2/h19-21H,3-18,22-23H2,1-2H3,(H,32,33)(H,34,35). The van der Waals surface area contributed by atoms with E-state index in [1.165, 1.54) is 56.7 Å². The molecule has 0 radical (unpaired) electrons. The molecule has 0 heterocycles. The highest BCUT2D eigenvalue weighted by Crippen LogP contribution is 2.33. The monoisotopic (exact) mass is 549 g/mol. The smallest absolute Gasteiger partial charge is 0.323 e. The highest BCUT2D eigenvalue weighted by Gasteiger charge is 2.20. The molecule has 1 aromatic rings. The number of ether oxygens (including phenoxy) is 2. The lowest BCUT2D eigenvalue weighted by Gasteiger charge is -2.22. The van der Waals surface area contributed by atoms with Crippen LogP contribution in [0.15, 0.2) is 18.2 Å². The van der Waals surface area contributed by atoms with E-state index in [1.54, 1.807) is 0 Å². The van der Waals surface area contributed by atoms with Crippen molar-refractivity contribution in [3.63, 3.8) is 0 Å². The van der Waals surface area contributed by atoms with Gasteiger partial charge >= 0.3 is 23.9 Å². The molecule has 9 heteroatoms. The van der Waals surface area contributed by atoms with Crippen LogP contribution in [0.4, 0.5) is 5.69 Å². The normalized spacial score (nSPS) is 10.7. The first-order chi connectivity index (χ1) is 18.8. The van der Waals surface area contributed by atoms with Crippen molar-refractivity contribution in [2.75, 3.05) is 18.0 Å². The molecule has 0 fully saturated rings. The van der Waals surface area contributed by atoms with Crippen molar-refractivity contribution in [2.45, 2.75) is 117 Å². The van der Waals surface area contributed by atoms with Gasteiger partial charge in [0.1, 0.15) is 13.1 Å². The van der Waals surface area contributed by atoms with Crippen molar-refractivity contribution in [1.29, 1.82) is 0 Å². The van der Waals surface area contributed by atoms with Crippen molar-refractivity contribution in [3.8, 4) is 11.5 Å². The summed E-state index contributed by atoms with van der Waals surface area (Å²) < 4.78 is 11.0. The molecular weight excluding hydrogens is 502 g/mol. The number of rotatable bonds is 23. The lowest BCUT2D eigenvalue weighted by Crippen LogP contribution is -2.34. The zero-order chi connectivity index (χ0) is 28.9. The molecular formula is C30H47NO8. The highest BCUT2D eigenvalue weighted by atomic mass is 16.6. The molecule has 2 N–H and O–H groups in total. The Balaban J connectivity index is 2.85. The van der Waals surface area contributed by atoms with Gasteiger partial charge in [0.25, 0.3) is 0 Å². The van der Waals surface area contributed by atoms with Gasteiger partial charge in [-0.15, -0.1) is 0 Å². The van der Waals surface area contributed by atoms with Gasteiger partial charge in [0, 0.05) is 24.6 Å². The molecule has 1 rings (SSSR count). The minimum atomic E-state index is -1.21. The van der Waals surface area contributed by atoms with Crippen LogP contribution in [0.1, 0.15) is 117 Å². The van der Waals surface area contributed by atoms with Crippen LogP contribution in [0, 0.1) is 0 Å². The summed E-state index contributed by atoms with van der Waals surface area (Å²) in [6.07, 6.45) is 15.2. The van der Waals surface area contributed by atoms with Crippen LogP contribution >= 0.6 is 0 Å². The number of hydrogen-bond acceptors (Lipinski definition) is 7. The largest absolute Gasteiger partial charge is 0.480 e. The molecule has 0 saturated heterocycles. The van der Waals surface area contributed by atoms with Gasteiger partial charge in [0.15, 0.2) is 11.5 Å². The SMILES string of the molecule is CCCCCCCCCC(=O)Oc1ccc(N(CC(=O)O)CC(=O)O)cc1OC(=O)CCCCCCCCC. The van der Waals surface area contributed by atoms with Crippen LogP contribution in [0.5, 0.6) is 11.5 Å². The molecule has 0 aliphatic carbocycles. The van der Waals surface area contributed by atoms with Crippen LogP contribution < -0.4 is 14.4 Å². The Morgan fingerprint density at radius 2 is 1.03 bits per heavy atom. The zero-order valence-corrected chi connectivity index (χ0v) is 23.8. The second-order valence-corrected chi connectivity index (χ2v) is 9.97. The van der Waals surface area contributed by atoms with E-state index in [0.29, 0.717) is 12.8 Å². The minimum Gasteiger partial charge on any atom is -0.480 e. The summed E-state index contributed by atoms with van der Waals surface area (Å²) in [5.74, 6) is -3.35. The summed E-state index contributed by atoms with van der Waals surface area (Å²) >= 11 is 0. The maximum absolute atomic E-state index is 12.6. The first-order valence-electron chi connectivity index (χ1n) is 14.5. The van der Waals surface area contributed by atoms with Crippen molar-refractivity contribution >= 4 is 29.6 Å². The van der Waals surface area contributed by atoms with Crippen LogP contribution in [0.25, 0.3) is 0 Å². The third-order valence-corrected chi connectivity index (χ3v) is 6.36. The van der Waals surface area contributed by atoms with E-state index in [4.69, 9.17) is 9.47 Å². The molecule has 0 spiro atoms. The zero-order valence-electron chi connectivity index (χ0n) is 23.8. The summed E-state index contributed by atoms with van der Waals surface area (Å²) in [4.78, 5) is 48.7. The van der Waals surface area contributed by atoms with E-state index < -0.39 is 37.0 Å². The Hall–Kier alpha value is -3.10. The molecule has 0 aliphatic heterocycles. The van der Waals surface area contributed by atoms with Gasteiger partial charge in [0.2, 0.25) is 0 Å². The third-order valence-electron chi connectivity index (χ3n) is 6.36. The second kappa shape index (κ2) is 20.8. The number of hydrogen-bond donors (Lipinski definition) is 2. The number of anilines is 1. The first-order valence-corrected chi connectivity index (χ1v) is 14.5. The van der Waals surface area contributed by atoms with E-state index in [2.05, 4.69) is 13.8 Å². The number of nitrogens with zero attached hydrogens (tertiary/aromatic N) is 1. The maximum Gasteiger partial charge on any atom is 0.323 e. The van der Waals surface area contributed by atoms with Crippen LogP contribution in [0.2, 0.25) is 0 Å². The Morgan fingerprint density at radius 1 is 0.615 bits per heavy atom. The summed E-state index contributed by atoms with van der Waals surface area (Å²) in [7, 11) is 0. The Bertz CT molecular complexity index is 870. The van der Waals surface area contributed by atoms with Gasteiger partial charge in [-0.3, -0.25) is 19.2 Å². The maximum atomic E-state index is 12.6. The van der Waals surface area contributed by atoms with Crippen LogP contribution in [-0.2, 0) is 19.2 Å². The van der Waals surface area contributed by atoms with Crippen LogP contribution in [-0.4, -0.2) is 47.2 Å². The van der Waals surface area contributed by atoms with Gasteiger partial charge in [-0.25, -0.2) is 0 Å². The van der Waals surface area contributed by atoms with Crippen molar-refractivity contribution < 1.29 is 38.9 Å². The van der Waals surface area contributed by atoms with Crippen molar-refractivity contribution in [2.24, 2.45) is 0 Å². The number of carbonyl (C=O) groups excluding carboxylic acids is 2. The molecule has 0 aliphatic rings. The number of esters is 2. The Labute approximate surface area is 232 Å². The lowest BCUT2D eigenvalue weighted by molar-refractivity contribution is -0.137. The Kier molecular flexibility index (Phi) is 18.1. The third kappa shape index (κ3) is 16.5. The Morgan fingerprint density at radius 3 is 1.46 bits per heavy atom. The predicted molar refractivity (Wildman–Crippen MR) is 150 cm³/mol. The molecule has 220 valence electrons. The average Bonchev–Trinajstić information content (AvgIpc) is 2.87. The summed E-state index contributed by atoms with van der Waals surface area (Å²) in [6.45, 7) is 3.21. The highest BCUT2D eigenvalue weighted by molar-refractivity contribution is 5.81. The molecule has 0 aromatic heterocycles. The van der Waals surface area contributed by atoms with Gasteiger partial charge in [-0.2, -0.15) is 0 Å². The molecule has 0 atom stereocenters. The van der Waals surface area contributed by atoms with E-state index in [9.17, 15) is 29.4 Å². The molecule has 0 bridgehead atoms. The molecule has 1 aromatic carbocycles. The van der Waals surface area contributed by atoms with Crippen molar-refractivity contribution in [1.82, 2.24) is 0 Å². The van der Waals surface area contributed by atoms with Gasteiger partial charge in [-0.1, -0.05) is 90.9 Å². The number of carbonyl (C=O) groups is 4. The number of aliphatic carboxylic acids is 2. The molecule has 9 nitrogen and oxygen atoms in total. The first kappa shape index (κ1) is 33.9. The topological polar surface area (TPSA) is 130 Å². The fourth-order valence-corrected chi connectivity index (χ4v) is 4.22. The second-order valence-electron chi connectivity index (χ2n) is 9.97. The number of unbranched alkanes of at least 4 members (excludes halogenated alkanes) is 12. The van der Waals surface area contributed by atoms with Gasteiger partial charge < -0.3 is 24.6 Å². The summed E-state index contributed by atoms with van der Waals surface area (Å²) in [6, 6.07) is 4.21. The molecule has 0 unspecified atom stereocenters. The van der Waals surface area contributed by atoms with E-state index in [-0.39, 0.29) is 30.0 Å². The fraction of sp³-hybridized carbons (Fsp3) is 0.667. The minimum absolute atomic E-state index is 0.0332. The molecule has 0 amide bonds. The van der Waals surface area contributed by atoms with Gasteiger partial charge in [0.05, 0.1) is 0 Å². The number of carboxylic acids is 2. The summed E-state index contributed by atoms with van der Waals surface area (Å²) in [5, 5.41) is 18.4. The van der Waals surface area contributed by atoms with E-state index in [0.717, 1.165) is 43.4 Å². The molecule has 0 saturated carbocycles. The lowest BCUT2D eigenvalue weighted by atomic mass is 10.1. The van der Waals surface area contributed by atoms with E-state index in [1.807, 2.05) is 0 Å². The molecule has 39 heavy (non-hydrogen) atoms. The number of carboxylic acid groups (broad SMARTS) is 2. The predicted octanol–water partition coefficient (Wildman–Crippen LogP) is 6.75. The van der Waals surface area contributed by atoms with Crippen molar-refractivity contribution in [3.05, 3.63) is 18.2 Å². The fourth-order valence-electron chi connectivity index (χ4n) is 4.22. The quantitative estimate of drug-likeness (QED) is 0.0864. The van der Waals surface area contributed by atoms with Gasteiger partial charge in [-0.05, 0) is 25.0 Å². The number of benzene rings is 1. The van der Waals surface area contributed by atoms with Crippen LogP contribution in [0.3, 0.4) is 0 Å².